The number of hydrogen-bond donors (Lipinski definition) is 0. The van der Waals surface area contributed by atoms with Crippen molar-refractivity contribution in [3.05, 3.63) is 33.9 Å². The fourth-order valence-corrected chi connectivity index (χ4v) is 1.01. The van der Waals surface area contributed by atoms with Crippen molar-refractivity contribution in [1.29, 1.82) is 0 Å². The van der Waals surface area contributed by atoms with Crippen LogP contribution in [0.3, 0.4) is 0 Å². The minimum atomic E-state index is 1.36. The molecule has 0 nitrogen and oxygen atoms in total. The zero-order valence-electron chi connectivity index (χ0n) is 4.72. The molecule has 2 heteroatoms. The highest BCUT2D eigenvalue weighted by molar-refractivity contribution is 6.00. The first-order valence-corrected chi connectivity index (χ1v) is 3.94. The normalized spacial score (nSPS) is 9.00. The standard InChI is InChI=1S/C6H8Si2/c7-5-1-2-6(8)4-3-5/h1-4H,7-8H2. The Morgan fingerprint density at radius 3 is 1.25 bits per heavy atom. The maximum atomic E-state index is 2.14. The first-order chi connectivity index (χ1) is 3.79. The molecule has 0 N–H and O–H groups in total. The van der Waals surface area contributed by atoms with Gasteiger partial charge in [0, 0.05) is 0 Å². The molecule has 0 unspecified atom stereocenters. The third kappa shape index (κ3) is 1.31. The van der Waals surface area contributed by atoms with Gasteiger partial charge in [-0.3, -0.25) is 0 Å². The Bertz CT molecular complexity index is 214. The van der Waals surface area contributed by atoms with Crippen LogP contribution >= 0.6 is 0 Å². The minimum Gasteiger partial charge on any atom is -0.0602 e. The van der Waals surface area contributed by atoms with E-state index >= 15 is 0 Å². The van der Waals surface area contributed by atoms with Gasteiger partial charge in [-0.25, -0.2) is 0 Å². The van der Waals surface area contributed by atoms with E-state index in [4.69, 9.17) is 0 Å². The summed E-state index contributed by atoms with van der Waals surface area (Å²) in [4.78, 5) is 2.72. The zero-order valence-corrected chi connectivity index (χ0v) is 7.55. The van der Waals surface area contributed by atoms with Crippen LogP contribution in [0.5, 0.6) is 0 Å². The van der Waals surface area contributed by atoms with Crippen molar-refractivity contribution in [2.75, 3.05) is 0 Å². The summed E-state index contributed by atoms with van der Waals surface area (Å²) >= 11 is 0. The van der Waals surface area contributed by atoms with Crippen molar-refractivity contribution in [2.24, 2.45) is 0 Å². The van der Waals surface area contributed by atoms with E-state index in [-0.39, 0.29) is 0 Å². The first-order valence-electron chi connectivity index (χ1n) is 2.53. The third-order valence-corrected chi connectivity index (χ3v) is 1.97. The van der Waals surface area contributed by atoms with Crippen molar-refractivity contribution in [2.45, 2.75) is 0 Å². The summed E-state index contributed by atoms with van der Waals surface area (Å²) in [6.07, 6.45) is 0. The second-order valence-electron chi connectivity index (χ2n) is 1.82. The summed E-state index contributed by atoms with van der Waals surface area (Å²) in [5, 5.41) is 0. The van der Waals surface area contributed by atoms with Gasteiger partial charge >= 0.3 is 0 Å². The zero-order chi connectivity index (χ0) is 5.98. The van der Waals surface area contributed by atoms with Gasteiger partial charge in [0.1, 0.15) is 0 Å². The van der Waals surface area contributed by atoms with Crippen LogP contribution in [0.2, 0.25) is 0 Å². The monoisotopic (exact) mass is 136 g/mol. The van der Waals surface area contributed by atoms with E-state index in [1.165, 1.54) is 9.63 Å². The smallest absolute Gasteiger partial charge is 0.0139 e. The van der Waals surface area contributed by atoms with Gasteiger partial charge < -0.3 is 0 Å². The summed E-state index contributed by atoms with van der Waals surface area (Å²) in [5.41, 5.74) is 0. The van der Waals surface area contributed by atoms with Crippen molar-refractivity contribution >= 4 is 19.7 Å². The number of hydrogen-bond acceptors (Lipinski definition) is 0. The van der Waals surface area contributed by atoms with E-state index in [9.17, 15) is 0 Å². The van der Waals surface area contributed by atoms with Gasteiger partial charge in [0.2, 0.25) is 0 Å². The van der Waals surface area contributed by atoms with Gasteiger partial charge in [-0.15, -0.1) is 0 Å². The van der Waals surface area contributed by atoms with Crippen LogP contribution in [0.4, 0.5) is 0 Å². The van der Waals surface area contributed by atoms with E-state index in [2.05, 4.69) is 24.3 Å². The highest BCUT2D eigenvalue weighted by Crippen LogP contribution is 1.85. The molecule has 1 aromatic carbocycles. The molecule has 0 amide bonds. The molecule has 0 aliphatic carbocycles. The average Bonchev–Trinajstić information content (AvgIpc) is 1.77. The fourth-order valence-electron chi connectivity index (χ4n) is 0.539. The summed E-state index contributed by atoms with van der Waals surface area (Å²) < 4.78 is 0. The molecular formula is C6H8Si2. The summed E-state index contributed by atoms with van der Waals surface area (Å²) in [5.74, 6) is 0. The maximum Gasteiger partial charge on any atom is -0.0139 e. The molecule has 0 saturated carbocycles. The molecule has 1 aromatic rings. The molecule has 0 heterocycles. The Morgan fingerprint density at radius 1 is 0.750 bits per heavy atom. The Hall–Kier alpha value is -0.346. The molecule has 0 spiro atoms. The van der Waals surface area contributed by atoms with Gasteiger partial charge in [0.05, 0.1) is 0 Å². The molecule has 0 aliphatic rings. The van der Waals surface area contributed by atoms with Crippen LogP contribution in [-0.4, -0.2) is 19.7 Å². The second-order valence-corrected chi connectivity index (χ2v) is 3.45. The molecule has 0 aliphatic heterocycles. The quantitative estimate of drug-likeness (QED) is 0.420. The average molecular weight is 136 g/mol. The van der Waals surface area contributed by atoms with Crippen LogP contribution in [0.1, 0.15) is 0 Å². The van der Waals surface area contributed by atoms with E-state index < -0.39 is 0 Å². The number of rotatable bonds is 0. The molecule has 0 aromatic heterocycles. The first kappa shape index (κ1) is 5.78. The Kier molecular flexibility index (Phi) is 1.65. The lowest BCUT2D eigenvalue weighted by Gasteiger charge is -1.79. The van der Waals surface area contributed by atoms with Crippen molar-refractivity contribution in [1.82, 2.24) is 0 Å². The summed E-state index contributed by atoms with van der Waals surface area (Å²) in [7, 11) is 3.83. The molecule has 0 radical (unpaired) electrons. The van der Waals surface area contributed by atoms with E-state index in [0.717, 1.165) is 0 Å². The van der Waals surface area contributed by atoms with Crippen LogP contribution in [-0.2, 0) is 0 Å². The van der Waals surface area contributed by atoms with Gasteiger partial charge in [-0.1, -0.05) is 33.9 Å². The molecule has 0 fully saturated rings. The predicted molar refractivity (Wildman–Crippen MR) is 41.2 cm³/mol. The summed E-state index contributed by atoms with van der Waals surface area (Å²) in [6, 6.07) is 8.56. The lowest BCUT2D eigenvalue weighted by atomic mass is 10.4. The van der Waals surface area contributed by atoms with E-state index in [1.807, 2.05) is 19.7 Å². The Balaban J connectivity index is 3.44. The molecule has 0 bridgehead atoms. The van der Waals surface area contributed by atoms with Crippen molar-refractivity contribution < 1.29 is 0 Å². The van der Waals surface area contributed by atoms with Gasteiger partial charge in [0.25, 0.3) is 0 Å². The number of benzene rings is 1. The maximum absolute atomic E-state index is 2.14. The predicted octanol–water partition coefficient (Wildman–Crippen LogP) is -0.545. The lowest BCUT2D eigenvalue weighted by molar-refractivity contribution is 1.64. The largest absolute Gasteiger partial charge is 0.0602 e. The Morgan fingerprint density at radius 2 is 1.00 bits per heavy atom. The molecule has 1 rings (SSSR count). The van der Waals surface area contributed by atoms with Crippen LogP contribution in [0.15, 0.2) is 24.3 Å². The van der Waals surface area contributed by atoms with Gasteiger partial charge in [-0.05, 0) is 19.7 Å². The third-order valence-electron chi connectivity index (χ3n) is 1.02. The van der Waals surface area contributed by atoms with Crippen LogP contribution in [0, 0.1) is 9.63 Å². The molecule has 8 heavy (non-hydrogen) atoms. The van der Waals surface area contributed by atoms with E-state index in [1.54, 1.807) is 0 Å². The Labute approximate surface area is 54.3 Å². The topological polar surface area (TPSA) is 0 Å². The van der Waals surface area contributed by atoms with Crippen LogP contribution in [0.25, 0.3) is 0 Å². The van der Waals surface area contributed by atoms with Gasteiger partial charge in [-0.2, -0.15) is 0 Å². The van der Waals surface area contributed by atoms with Crippen molar-refractivity contribution in [3.63, 3.8) is 0 Å². The highest BCUT2D eigenvalue weighted by Gasteiger charge is 1.69. The van der Waals surface area contributed by atoms with E-state index in [0.29, 0.717) is 0 Å². The van der Waals surface area contributed by atoms with Crippen molar-refractivity contribution in [3.8, 4) is 0 Å². The minimum absolute atomic E-state index is 1.36. The fraction of sp³-hybridized carbons (Fsp3) is 0. The SMILES string of the molecule is [SiH2]=c1ccc(=[SiH2])cc1. The van der Waals surface area contributed by atoms with Gasteiger partial charge in [0.15, 0.2) is 0 Å². The molecule has 0 atom stereocenters. The second kappa shape index (κ2) is 2.28. The van der Waals surface area contributed by atoms with Crippen LogP contribution < -0.4 is 0 Å². The highest BCUT2D eigenvalue weighted by atomic mass is 28.1. The summed E-state index contributed by atoms with van der Waals surface area (Å²) in [6.45, 7) is 0. The molecular weight excluding hydrogens is 128 g/mol. The molecule has 0 saturated heterocycles. The molecule has 40 valence electrons. The lowest BCUT2D eigenvalue weighted by Crippen LogP contribution is -1.65.